The zero-order valence-corrected chi connectivity index (χ0v) is 12.3. The van der Waals surface area contributed by atoms with Gasteiger partial charge in [0.15, 0.2) is 0 Å². The Balaban J connectivity index is 1.74. The Bertz CT molecular complexity index is 882. The molecule has 0 saturated carbocycles. The maximum Gasteiger partial charge on any atom is 0.437 e. The highest BCUT2D eigenvalue weighted by molar-refractivity contribution is 7.13. The van der Waals surface area contributed by atoms with E-state index in [1.54, 1.807) is 17.5 Å². The molecule has 0 atom stereocenters. The molecule has 23 heavy (non-hydrogen) atoms. The number of nitrogens with zero attached hydrogens (tertiary/aromatic N) is 2. The maximum absolute atomic E-state index is 13.1. The summed E-state index contributed by atoms with van der Waals surface area (Å²) in [4.78, 5) is 24.2. The van der Waals surface area contributed by atoms with Crippen LogP contribution < -0.4 is 11.1 Å². The van der Waals surface area contributed by atoms with Crippen molar-refractivity contribution < 1.29 is 18.0 Å². The van der Waals surface area contributed by atoms with Crippen molar-refractivity contribution in [2.24, 2.45) is 0 Å². The first-order chi connectivity index (χ1) is 11.0. The van der Waals surface area contributed by atoms with Gasteiger partial charge in [-0.25, -0.2) is 13.6 Å². The summed E-state index contributed by atoms with van der Waals surface area (Å²) in [5.41, 5.74) is -0.0532. The van der Waals surface area contributed by atoms with Crippen molar-refractivity contribution in [3.05, 3.63) is 57.9 Å². The summed E-state index contributed by atoms with van der Waals surface area (Å²) >= 11 is 1.33. The molecule has 0 unspecified atom stereocenters. The second kappa shape index (κ2) is 6.13. The Kier molecular flexibility index (Phi) is 4.02. The minimum atomic E-state index is -0.820. The SMILES string of the molecule is O=C(Cn1nc(-c2cccs2)oc1=O)Nc1cc(F)cc(F)c1. The summed E-state index contributed by atoms with van der Waals surface area (Å²) in [5.74, 6) is -3.00. The fourth-order valence-electron chi connectivity index (χ4n) is 1.87. The van der Waals surface area contributed by atoms with Gasteiger partial charge in [0.2, 0.25) is 5.91 Å². The zero-order chi connectivity index (χ0) is 16.4. The number of carbonyl (C=O) groups is 1. The number of hydrogen-bond donors (Lipinski definition) is 1. The van der Waals surface area contributed by atoms with Crippen LogP contribution in [0.15, 0.2) is 44.9 Å². The number of benzene rings is 1. The molecule has 3 rings (SSSR count). The molecule has 0 aliphatic rings. The molecule has 1 amide bonds. The highest BCUT2D eigenvalue weighted by Gasteiger charge is 2.14. The van der Waals surface area contributed by atoms with Crippen molar-refractivity contribution in [2.75, 3.05) is 5.32 Å². The van der Waals surface area contributed by atoms with Crippen LogP contribution in [0, 0.1) is 11.6 Å². The molecule has 0 bridgehead atoms. The standard InChI is InChI=1S/C14H9F2N3O3S/c15-8-4-9(16)6-10(5-8)17-12(20)7-19-14(21)22-13(18-19)11-2-1-3-23-11/h1-6H,7H2,(H,17,20). The van der Waals surface area contributed by atoms with Gasteiger partial charge < -0.3 is 9.73 Å². The Morgan fingerprint density at radius 3 is 2.70 bits per heavy atom. The molecule has 0 fully saturated rings. The minimum Gasteiger partial charge on any atom is -0.387 e. The van der Waals surface area contributed by atoms with Gasteiger partial charge in [0.1, 0.15) is 18.2 Å². The highest BCUT2D eigenvalue weighted by Crippen LogP contribution is 2.21. The average Bonchev–Trinajstić information content (AvgIpc) is 3.08. The van der Waals surface area contributed by atoms with Crippen molar-refractivity contribution in [3.8, 4) is 10.8 Å². The lowest BCUT2D eigenvalue weighted by Crippen LogP contribution is -2.25. The third kappa shape index (κ3) is 3.51. The predicted octanol–water partition coefficient (Wildman–Crippen LogP) is 2.48. The molecule has 1 aromatic carbocycles. The topological polar surface area (TPSA) is 77.1 Å². The van der Waals surface area contributed by atoms with Crippen LogP contribution in [-0.4, -0.2) is 15.7 Å². The van der Waals surface area contributed by atoms with E-state index in [1.807, 2.05) is 0 Å². The van der Waals surface area contributed by atoms with Gasteiger partial charge in [0, 0.05) is 11.8 Å². The van der Waals surface area contributed by atoms with Gasteiger partial charge in [-0.2, -0.15) is 4.68 Å². The smallest absolute Gasteiger partial charge is 0.387 e. The van der Waals surface area contributed by atoms with E-state index in [0.717, 1.165) is 16.8 Å². The number of rotatable bonds is 4. The Morgan fingerprint density at radius 1 is 1.30 bits per heavy atom. The Labute approximate surface area is 132 Å². The summed E-state index contributed by atoms with van der Waals surface area (Å²) in [6.07, 6.45) is 0. The van der Waals surface area contributed by atoms with E-state index < -0.39 is 29.8 Å². The lowest BCUT2D eigenvalue weighted by atomic mass is 10.3. The molecular weight excluding hydrogens is 328 g/mol. The van der Waals surface area contributed by atoms with Gasteiger partial charge in [0.05, 0.1) is 4.88 Å². The number of carbonyl (C=O) groups excluding carboxylic acids is 1. The molecule has 1 N–H and O–H groups in total. The minimum absolute atomic E-state index is 0.0532. The van der Waals surface area contributed by atoms with Gasteiger partial charge in [0.25, 0.3) is 5.89 Å². The summed E-state index contributed by atoms with van der Waals surface area (Å²) < 4.78 is 31.9. The highest BCUT2D eigenvalue weighted by atomic mass is 32.1. The van der Waals surface area contributed by atoms with Crippen LogP contribution in [-0.2, 0) is 11.3 Å². The molecule has 0 aliphatic heterocycles. The third-order valence-corrected chi connectivity index (χ3v) is 3.64. The molecule has 118 valence electrons. The van der Waals surface area contributed by atoms with Crippen molar-refractivity contribution in [2.45, 2.75) is 6.54 Å². The van der Waals surface area contributed by atoms with Crippen LogP contribution >= 0.6 is 11.3 Å². The third-order valence-electron chi connectivity index (χ3n) is 2.78. The van der Waals surface area contributed by atoms with Crippen LogP contribution in [0.5, 0.6) is 0 Å². The first-order valence-electron chi connectivity index (χ1n) is 6.39. The van der Waals surface area contributed by atoms with E-state index in [1.165, 1.54) is 11.3 Å². The van der Waals surface area contributed by atoms with Gasteiger partial charge in [-0.1, -0.05) is 6.07 Å². The Hall–Kier alpha value is -2.81. The van der Waals surface area contributed by atoms with Gasteiger partial charge in [-0.3, -0.25) is 4.79 Å². The number of halogens is 2. The molecule has 6 nitrogen and oxygen atoms in total. The lowest BCUT2D eigenvalue weighted by molar-refractivity contribution is -0.117. The van der Waals surface area contributed by atoms with Crippen LogP contribution in [0.25, 0.3) is 10.8 Å². The van der Waals surface area contributed by atoms with E-state index in [4.69, 9.17) is 4.42 Å². The fourth-order valence-corrected chi connectivity index (χ4v) is 2.51. The number of hydrogen-bond acceptors (Lipinski definition) is 5. The normalized spacial score (nSPS) is 10.7. The number of anilines is 1. The first-order valence-corrected chi connectivity index (χ1v) is 7.27. The molecular formula is C14H9F2N3O3S. The van der Waals surface area contributed by atoms with Gasteiger partial charge in [-0.15, -0.1) is 16.4 Å². The molecule has 2 aromatic heterocycles. The maximum atomic E-state index is 13.1. The number of nitrogens with one attached hydrogen (secondary N) is 1. The molecule has 3 aromatic rings. The predicted molar refractivity (Wildman–Crippen MR) is 79.1 cm³/mol. The summed E-state index contributed by atoms with van der Waals surface area (Å²) in [6, 6.07) is 6.10. The number of thiophene rings is 1. The van der Waals surface area contributed by atoms with E-state index in [0.29, 0.717) is 10.9 Å². The van der Waals surface area contributed by atoms with Crippen molar-refractivity contribution in [1.82, 2.24) is 9.78 Å². The van der Waals surface area contributed by atoms with Crippen molar-refractivity contribution in [1.29, 1.82) is 0 Å². The van der Waals surface area contributed by atoms with E-state index in [9.17, 15) is 18.4 Å². The Morgan fingerprint density at radius 2 is 2.04 bits per heavy atom. The largest absolute Gasteiger partial charge is 0.437 e. The molecule has 0 aliphatic carbocycles. The van der Waals surface area contributed by atoms with Crippen molar-refractivity contribution in [3.63, 3.8) is 0 Å². The summed E-state index contributed by atoms with van der Waals surface area (Å²) in [7, 11) is 0. The van der Waals surface area contributed by atoms with Crippen LogP contribution in [0.4, 0.5) is 14.5 Å². The van der Waals surface area contributed by atoms with Gasteiger partial charge >= 0.3 is 5.76 Å². The summed E-state index contributed by atoms with van der Waals surface area (Å²) in [5, 5.41) is 7.98. The quantitative estimate of drug-likeness (QED) is 0.793. The zero-order valence-electron chi connectivity index (χ0n) is 11.5. The second-order valence-corrected chi connectivity index (χ2v) is 5.46. The molecule has 0 saturated heterocycles. The number of aromatic nitrogens is 2. The molecule has 2 heterocycles. The van der Waals surface area contributed by atoms with E-state index >= 15 is 0 Å². The first kappa shape index (κ1) is 15.1. The summed E-state index contributed by atoms with van der Waals surface area (Å²) in [6.45, 7) is -0.439. The molecule has 9 heteroatoms. The van der Waals surface area contributed by atoms with Crippen LogP contribution in [0.3, 0.4) is 0 Å². The average molecular weight is 337 g/mol. The molecule has 0 spiro atoms. The van der Waals surface area contributed by atoms with Gasteiger partial charge in [-0.05, 0) is 23.6 Å². The number of amides is 1. The molecule has 0 radical (unpaired) electrons. The van der Waals surface area contributed by atoms with Crippen molar-refractivity contribution >= 4 is 22.9 Å². The van der Waals surface area contributed by atoms with E-state index in [2.05, 4.69) is 10.4 Å². The van der Waals surface area contributed by atoms with Crippen LogP contribution in [0.2, 0.25) is 0 Å². The fraction of sp³-hybridized carbons (Fsp3) is 0.0714. The monoisotopic (exact) mass is 337 g/mol. The van der Waals surface area contributed by atoms with Crippen LogP contribution in [0.1, 0.15) is 0 Å². The lowest BCUT2D eigenvalue weighted by Gasteiger charge is -2.04. The second-order valence-electron chi connectivity index (χ2n) is 4.51. The van der Waals surface area contributed by atoms with E-state index in [-0.39, 0.29) is 11.6 Å².